The fraction of sp³-hybridized carbons (Fsp3) is 0.417. The molecule has 1 aromatic rings. The van der Waals surface area contributed by atoms with Crippen molar-refractivity contribution in [2.45, 2.75) is 22.6 Å². The molecule has 0 radical (unpaired) electrons. The van der Waals surface area contributed by atoms with Crippen LogP contribution in [0.1, 0.15) is 6.42 Å². The molecule has 104 valence electrons. The summed E-state index contributed by atoms with van der Waals surface area (Å²) in [5, 5.41) is 8.46. The second-order valence-corrected chi connectivity index (χ2v) is 7.23. The maximum atomic E-state index is 12.5. The first-order valence-electron chi connectivity index (χ1n) is 5.75. The van der Waals surface area contributed by atoms with Gasteiger partial charge in [-0.25, -0.2) is 8.42 Å². The summed E-state index contributed by atoms with van der Waals surface area (Å²) in [6.07, 6.45) is 0.0827. The van der Waals surface area contributed by atoms with Gasteiger partial charge in [0.1, 0.15) is 6.04 Å². The lowest BCUT2D eigenvalue weighted by atomic mass is 10.2. The lowest BCUT2D eigenvalue weighted by molar-refractivity contribution is -0.141. The summed E-state index contributed by atoms with van der Waals surface area (Å²) in [5.74, 6) is -1.00. The van der Waals surface area contributed by atoms with Gasteiger partial charge in [0, 0.05) is 6.54 Å². The Labute approximate surface area is 116 Å². The van der Waals surface area contributed by atoms with Crippen LogP contribution in [0.3, 0.4) is 0 Å². The lowest BCUT2D eigenvalue weighted by Crippen LogP contribution is -2.32. The van der Waals surface area contributed by atoms with Gasteiger partial charge in [-0.1, -0.05) is 23.7 Å². The number of likely N-dealkylation sites (N-methyl/N-ethyl adjacent to an activating group) is 1. The fourth-order valence-electron chi connectivity index (χ4n) is 2.32. The van der Waals surface area contributed by atoms with Crippen molar-refractivity contribution in [1.29, 1.82) is 0 Å². The summed E-state index contributed by atoms with van der Waals surface area (Å²) in [7, 11) is -1.99. The van der Waals surface area contributed by atoms with E-state index in [0.717, 1.165) is 0 Å². The van der Waals surface area contributed by atoms with Crippen molar-refractivity contribution in [3.8, 4) is 0 Å². The third kappa shape index (κ3) is 2.61. The molecule has 0 unspecified atom stereocenters. The number of nitrogens with zero attached hydrogens (tertiary/aromatic N) is 1. The highest BCUT2D eigenvalue weighted by atomic mass is 35.5. The highest BCUT2D eigenvalue weighted by molar-refractivity contribution is 7.92. The molecule has 1 heterocycles. The molecule has 0 bridgehead atoms. The zero-order chi connectivity index (χ0) is 14.2. The van der Waals surface area contributed by atoms with Crippen LogP contribution in [0, 0.1) is 0 Å². The molecule has 1 aliphatic heterocycles. The average Bonchev–Trinajstić information content (AvgIpc) is 2.72. The number of benzene rings is 1. The van der Waals surface area contributed by atoms with Crippen molar-refractivity contribution in [2.75, 3.05) is 13.6 Å². The van der Waals surface area contributed by atoms with Gasteiger partial charge in [0.2, 0.25) is 0 Å². The molecule has 1 N–H and O–H groups in total. The molecule has 1 saturated heterocycles. The predicted molar refractivity (Wildman–Crippen MR) is 71.1 cm³/mol. The Morgan fingerprint density at radius 2 is 2.05 bits per heavy atom. The number of carbonyl (C=O) groups is 1. The van der Waals surface area contributed by atoms with Crippen molar-refractivity contribution in [1.82, 2.24) is 4.90 Å². The van der Waals surface area contributed by atoms with E-state index in [-0.39, 0.29) is 22.9 Å². The van der Waals surface area contributed by atoms with E-state index < -0.39 is 27.1 Å². The van der Waals surface area contributed by atoms with E-state index in [9.17, 15) is 13.2 Å². The molecule has 19 heavy (non-hydrogen) atoms. The van der Waals surface area contributed by atoms with Gasteiger partial charge in [0.25, 0.3) is 0 Å². The molecule has 1 aromatic carbocycles. The minimum absolute atomic E-state index is 0.0705. The predicted octanol–water partition coefficient (Wildman–Crippen LogP) is 1.27. The van der Waals surface area contributed by atoms with Gasteiger partial charge in [-0.15, -0.1) is 0 Å². The van der Waals surface area contributed by atoms with Crippen molar-refractivity contribution in [3.05, 3.63) is 29.3 Å². The number of likely N-dealkylation sites (tertiary alicyclic amines) is 1. The molecular weight excluding hydrogens is 290 g/mol. The van der Waals surface area contributed by atoms with Crippen LogP contribution in [0.2, 0.25) is 5.02 Å². The molecule has 2 rings (SSSR count). The molecule has 5 nitrogen and oxygen atoms in total. The minimum atomic E-state index is -3.61. The van der Waals surface area contributed by atoms with Crippen LogP contribution in [0.15, 0.2) is 29.2 Å². The molecule has 1 fully saturated rings. The van der Waals surface area contributed by atoms with E-state index in [1.54, 1.807) is 24.1 Å². The van der Waals surface area contributed by atoms with Gasteiger partial charge in [-0.05, 0) is 25.6 Å². The van der Waals surface area contributed by atoms with Gasteiger partial charge in [-0.2, -0.15) is 0 Å². The summed E-state index contributed by atoms with van der Waals surface area (Å²) in [4.78, 5) is 12.6. The van der Waals surface area contributed by atoms with Crippen LogP contribution < -0.4 is 0 Å². The van der Waals surface area contributed by atoms with Crippen molar-refractivity contribution in [2.24, 2.45) is 0 Å². The van der Waals surface area contributed by atoms with Gasteiger partial charge < -0.3 is 5.11 Å². The van der Waals surface area contributed by atoms with Gasteiger partial charge in [-0.3, -0.25) is 9.69 Å². The molecule has 0 spiro atoms. The third-order valence-electron chi connectivity index (χ3n) is 3.38. The Morgan fingerprint density at radius 3 is 2.58 bits per heavy atom. The second-order valence-electron chi connectivity index (χ2n) is 4.63. The normalized spacial score (nSPS) is 24.5. The molecule has 0 amide bonds. The standard InChI is InChI=1S/C12H14ClNO4S/c1-14-7-8(6-10(14)12(15)16)19(17,18)11-5-3-2-4-9(11)13/h2-5,8,10H,6-7H2,1H3,(H,15,16)/t8-,10+/m1/s1. The molecule has 7 heteroatoms. The molecule has 0 aromatic heterocycles. The number of aliphatic carboxylic acids is 1. The first-order valence-corrected chi connectivity index (χ1v) is 7.68. The van der Waals surface area contributed by atoms with Gasteiger partial charge in [0.05, 0.1) is 15.2 Å². The molecule has 2 atom stereocenters. The smallest absolute Gasteiger partial charge is 0.320 e. The quantitative estimate of drug-likeness (QED) is 0.910. The number of hydrogen-bond acceptors (Lipinski definition) is 4. The number of hydrogen-bond donors (Lipinski definition) is 1. The van der Waals surface area contributed by atoms with Gasteiger partial charge in [0.15, 0.2) is 9.84 Å². The number of carboxylic acids is 1. The van der Waals surface area contributed by atoms with Crippen LogP contribution in [0.25, 0.3) is 0 Å². The van der Waals surface area contributed by atoms with Crippen LogP contribution in [0.4, 0.5) is 0 Å². The van der Waals surface area contributed by atoms with Crippen LogP contribution >= 0.6 is 11.6 Å². The van der Waals surface area contributed by atoms with Crippen molar-refractivity contribution in [3.63, 3.8) is 0 Å². The van der Waals surface area contributed by atoms with Crippen molar-refractivity contribution >= 4 is 27.4 Å². The Bertz CT molecular complexity index is 602. The summed E-state index contributed by atoms with van der Waals surface area (Å²) in [6, 6.07) is 5.46. The van der Waals surface area contributed by atoms with E-state index in [2.05, 4.69) is 0 Å². The highest BCUT2D eigenvalue weighted by Gasteiger charge is 2.42. The highest BCUT2D eigenvalue weighted by Crippen LogP contribution is 2.30. The second kappa shape index (κ2) is 5.11. The number of rotatable bonds is 3. The Kier molecular flexibility index (Phi) is 3.85. The number of halogens is 1. The molecule has 0 aliphatic carbocycles. The minimum Gasteiger partial charge on any atom is -0.480 e. The fourth-order valence-corrected chi connectivity index (χ4v) is 4.61. The summed E-state index contributed by atoms with van der Waals surface area (Å²) in [5.41, 5.74) is 0. The van der Waals surface area contributed by atoms with Crippen LogP contribution in [-0.2, 0) is 14.6 Å². The lowest BCUT2D eigenvalue weighted by Gasteiger charge is -2.13. The Morgan fingerprint density at radius 1 is 1.42 bits per heavy atom. The van der Waals surface area contributed by atoms with Crippen LogP contribution in [-0.4, -0.2) is 49.3 Å². The number of carboxylic acid groups (broad SMARTS) is 1. The first-order chi connectivity index (χ1) is 8.84. The van der Waals surface area contributed by atoms with E-state index in [4.69, 9.17) is 16.7 Å². The summed E-state index contributed by atoms with van der Waals surface area (Å²) < 4.78 is 24.9. The largest absolute Gasteiger partial charge is 0.480 e. The van der Waals surface area contributed by atoms with E-state index in [1.807, 2.05) is 0 Å². The number of sulfone groups is 1. The van der Waals surface area contributed by atoms with E-state index in [0.29, 0.717) is 0 Å². The average molecular weight is 304 g/mol. The zero-order valence-corrected chi connectivity index (χ0v) is 11.9. The van der Waals surface area contributed by atoms with Crippen molar-refractivity contribution < 1.29 is 18.3 Å². The summed E-state index contributed by atoms with van der Waals surface area (Å²) >= 11 is 5.91. The Balaban J connectivity index is 2.33. The maximum absolute atomic E-state index is 12.5. The van der Waals surface area contributed by atoms with Crippen LogP contribution in [0.5, 0.6) is 0 Å². The van der Waals surface area contributed by atoms with E-state index in [1.165, 1.54) is 12.1 Å². The van der Waals surface area contributed by atoms with Gasteiger partial charge >= 0.3 is 5.97 Å². The van der Waals surface area contributed by atoms with E-state index >= 15 is 0 Å². The molecule has 0 saturated carbocycles. The molecular formula is C12H14ClNO4S. The molecule has 1 aliphatic rings. The Hall–Kier alpha value is -1.11. The monoisotopic (exact) mass is 303 g/mol. The third-order valence-corrected chi connectivity index (χ3v) is 6.01. The summed E-state index contributed by atoms with van der Waals surface area (Å²) in [6.45, 7) is 0.199. The topological polar surface area (TPSA) is 74.7 Å². The maximum Gasteiger partial charge on any atom is 0.320 e. The zero-order valence-electron chi connectivity index (χ0n) is 10.3. The SMILES string of the molecule is CN1C[C@H](S(=O)(=O)c2ccccc2Cl)C[C@H]1C(=O)O. The first kappa shape index (κ1) is 14.3.